The molecule has 1 aromatic carbocycles. The molecule has 6 heteroatoms. The number of nitrogens with two attached hydrogens (primary N) is 1. The number of para-hydroxylation sites is 1. The molecule has 1 aromatic heterocycles. The first-order chi connectivity index (χ1) is 8.69. The van der Waals surface area contributed by atoms with E-state index in [1.165, 1.54) is 0 Å². The number of aliphatic imine (C=N–C) groups is 1. The molecule has 2 aromatic rings. The molecule has 94 valence electrons. The van der Waals surface area contributed by atoms with Gasteiger partial charge in [0.25, 0.3) is 0 Å². The van der Waals surface area contributed by atoms with E-state index in [1.54, 1.807) is 4.68 Å². The molecule has 0 atom stereocenters. The Morgan fingerprint density at radius 2 is 2.06 bits per heavy atom. The van der Waals surface area contributed by atoms with Crippen LogP contribution in [0.25, 0.3) is 0 Å². The van der Waals surface area contributed by atoms with E-state index >= 15 is 0 Å². The fraction of sp³-hybridized carbons (Fsp3) is 0.167. The lowest BCUT2D eigenvalue weighted by Crippen LogP contribution is -2.35. The highest BCUT2D eigenvalue weighted by atomic mass is 15.3. The summed E-state index contributed by atoms with van der Waals surface area (Å²) in [7, 11) is 1.85. The van der Waals surface area contributed by atoms with E-state index in [2.05, 4.69) is 20.8 Å². The van der Waals surface area contributed by atoms with Crippen LogP contribution in [-0.2, 0) is 7.05 Å². The number of aromatic nitrogens is 2. The minimum Gasteiger partial charge on any atom is -0.325 e. The Hall–Kier alpha value is -2.34. The minimum atomic E-state index is 0.470. The Morgan fingerprint density at radius 1 is 1.33 bits per heavy atom. The van der Waals surface area contributed by atoms with Gasteiger partial charge in [0, 0.05) is 12.7 Å². The molecule has 0 bridgehead atoms. The van der Waals surface area contributed by atoms with Gasteiger partial charge in [-0.3, -0.25) is 10.1 Å². The van der Waals surface area contributed by atoms with Gasteiger partial charge in [-0.25, -0.2) is 10.8 Å². The van der Waals surface area contributed by atoms with Crippen LogP contribution >= 0.6 is 0 Å². The molecule has 0 radical (unpaired) electrons. The number of hydrogen-bond donors (Lipinski definition) is 3. The third kappa shape index (κ3) is 2.86. The van der Waals surface area contributed by atoms with Crippen molar-refractivity contribution in [2.75, 3.05) is 5.32 Å². The lowest BCUT2D eigenvalue weighted by atomic mass is 10.3. The summed E-state index contributed by atoms with van der Waals surface area (Å²) < 4.78 is 1.71. The lowest BCUT2D eigenvalue weighted by molar-refractivity contribution is 0.756. The van der Waals surface area contributed by atoms with E-state index in [0.717, 1.165) is 17.1 Å². The Balaban J connectivity index is 2.21. The maximum Gasteiger partial charge on any atom is 0.215 e. The maximum absolute atomic E-state index is 5.45. The third-order valence-corrected chi connectivity index (χ3v) is 2.39. The maximum atomic E-state index is 5.45. The zero-order chi connectivity index (χ0) is 13.0. The van der Waals surface area contributed by atoms with Crippen molar-refractivity contribution in [1.29, 1.82) is 0 Å². The lowest BCUT2D eigenvalue weighted by Gasteiger charge is -2.08. The van der Waals surface area contributed by atoms with Crippen LogP contribution in [-0.4, -0.2) is 15.7 Å². The third-order valence-electron chi connectivity index (χ3n) is 2.39. The molecule has 0 amide bonds. The van der Waals surface area contributed by atoms with Gasteiger partial charge in [-0.2, -0.15) is 5.10 Å². The van der Waals surface area contributed by atoms with Gasteiger partial charge < -0.3 is 5.32 Å². The van der Waals surface area contributed by atoms with Gasteiger partial charge in [0.2, 0.25) is 5.96 Å². The summed E-state index contributed by atoms with van der Waals surface area (Å²) >= 11 is 0. The highest BCUT2D eigenvalue weighted by Crippen LogP contribution is 2.16. The molecule has 2 rings (SSSR count). The number of nitrogens with one attached hydrogen (secondary N) is 2. The number of rotatable bonds is 2. The SMILES string of the molecule is Cc1nn(C)cc1N=C(NN)Nc1ccccc1. The molecular weight excluding hydrogens is 228 g/mol. The van der Waals surface area contributed by atoms with E-state index < -0.39 is 0 Å². The quantitative estimate of drug-likeness (QED) is 0.322. The number of hydrazine groups is 1. The van der Waals surface area contributed by atoms with Gasteiger partial charge in [0.05, 0.1) is 11.9 Å². The van der Waals surface area contributed by atoms with Crippen molar-refractivity contribution in [3.05, 3.63) is 42.2 Å². The van der Waals surface area contributed by atoms with Crippen LogP contribution < -0.4 is 16.6 Å². The summed E-state index contributed by atoms with van der Waals surface area (Å²) in [5, 5.41) is 7.31. The smallest absolute Gasteiger partial charge is 0.215 e. The molecule has 4 N–H and O–H groups in total. The molecule has 0 aliphatic heterocycles. The van der Waals surface area contributed by atoms with Crippen molar-refractivity contribution in [3.63, 3.8) is 0 Å². The second-order valence-electron chi connectivity index (χ2n) is 3.87. The number of anilines is 1. The van der Waals surface area contributed by atoms with Crippen LogP contribution in [0.2, 0.25) is 0 Å². The Labute approximate surface area is 105 Å². The Kier molecular flexibility index (Phi) is 3.59. The van der Waals surface area contributed by atoms with Gasteiger partial charge in [-0.1, -0.05) is 18.2 Å². The normalized spacial score (nSPS) is 11.4. The summed E-state index contributed by atoms with van der Waals surface area (Å²) in [4.78, 5) is 4.38. The van der Waals surface area contributed by atoms with Crippen LogP contribution in [0, 0.1) is 6.92 Å². The number of hydrogen-bond acceptors (Lipinski definition) is 3. The van der Waals surface area contributed by atoms with Gasteiger partial charge in [0.1, 0.15) is 5.69 Å². The molecule has 0 aliphatic rings. The van der Waals surface area contributed by atoms with Crippen molar-refractivity contribution >= 4 is 17.3 Å². The number of aryl methyl sites for hydroxylation is 2. The van der Waals surface area contributed by atoms with E-state index in [-0.39, 0.29) is 0 Å². The molecule has 0 saturated heterocycles. The minimum absolute atomic E-state index is 0.470. The highest BCUT2D eigenvalue weighted by molar-refractivity contribution is 5.94. The summed E-state index contributed by atoms with van der Waals surface area (Å²) in [6, 6.07) is 9.69. The van der Waals surface area contributed by atoms with Gasteiger partial charge in [-0.05, 0) is 19.1 Å². The summed E-state index contributed by atoms with van der Waals surface area (Å²) in [6.07, 6.45) is 1.83. The molecule has 18 heavy (non-hydrogen) atoms. The van der Waals surface area contributed by atoms with Gasteiger partial charge in [-0.15, -0.1) is 0 Å². The van der Waals surface area contributed by atoms with E-state index in [1.807, 2.05) is 50.5 Å². The fourth-order valence-corrected chi connectivity index (χ4v) is 1.57. The second-order valence-corrected chi connectivity index (χ2v) is 3.87. The first-order valence-corrected chi connectivity index (χ1v) is 5.56. The van der Waals surface area contributed by atoms with Crippen LogP contribution in [0.5, 0.6) is 0 Å². The molecule has 0 spiro atoms. The van der Waals surface area contributed by atoms with Crippen LogP contribution in [0.3, 0.4) is 0 Å². The molecule has 0 fully saturated rings. The largest absolute Gasteiger partial charge is 0.325 e. The molecule has 0 saturated carbocycles. The van der Waals surface area contributed by atoms with E-state index in [4.69, 9.17) is 5.84 Å². The summed E-state index contributed by atoms with van der Waals surface area (Å²) in [5.74, 6) is 5.92. The average Bonchev–Trinajstić information content (AvgIpc) is 2.68. The van der Waals surface area contributed by atoms with Crippen LogP contribution in [0.1, 0.15) is 5.69 Å². The monoisotopic (exact) mass is 244 g/mol. The van der Waals surface area contributed by atoms with Crippen molar-refractivity contribution in [2.45, 2.75) is 6.92 Å². The molecule has 0 aliphatic carbocycles. The average molecular weight is 244 g/mol. The van der Waals surface area contributed by atoms with E-state index in [0.29, 0.717) is 5.96 Å². The molecular formula is C12H16N6. The van der Waals surface area contributed by atoms with Gasteiger partial charge >= 0.3 is 0 Å². The highest BCUT2D eigenvalue weighted by Gasteiger charge is 2.03. The molecule has 0 unspecified atom stereocenters. The number of guanidine groups is 1. The van der Waals surface area contributed by atoms with Crippen molar-refractivity contribution < 1.29 is 0 Å². The molecule has 6 nitrogen and oxygen atoms in total. The van der Waals surface area contributed by atoms with Gasteiger partial charge in [0.15, 0.2) is 0 Å². The number of nitrogens with zero attached hydrogens (tertiary/aromatic N) is 3. The van der Waals surface area contributed by atoms with Crippen molar-refractivity contribution in [3.8, 4) is 0 Å². The zero-order valence-electron chi connectivity index (χ0n) is 10.4. The van der Waals surface area contributed by atoms with Crippen molar-refractivity contribution in [1.82, 2.24) is 15.2 Å². The number of benzene rings is 1. The summed E-state index contributed by atoms with van der Waals surface area (Å²) in [5.41, 5.74) is 5.07. The predicted molar refractivity (Wildman–Crippen MR) is 72.4 cm³/mol. The standard InChI is InChI=1S/C12H16N6/c1-9-11(8-18(2)17-9)15-12(16-13)14-10-6-4-3-5-7-10/h3-8H,13H2,1-2H3,(H2,14,15,16). The fourth-order valence-electron chi connectivity index (χ4n) is 1.57. The Morgan fingerprint density at radius 3 is 2.61 bits per heavy atom. The van der Waals surface area contributed by atoms with Crippen molar-refractivity contribution in [2.24, 2.45) is 17.9 Å². The Bertz CT molecular complexity index is 543. The topological polar surface area (TPSA) is 80.3 Å². The van der Waals surface area contributed by atoms with Crippen LogP contribution in [0.4, 0.5) is 11.4 Å². The zero-order valence-corrected chi connectivity index (χ0v) is 10.4. The summed E-state index contributed by atoms with van der Waals surface area (Å²) in [6.45, 7) is 1.90. The predicted octanol–water partition coefficient (Wildman–Crippen LogP) is 1.29. The molecule has 1 heterocycles. The second kappa shape index (κ2) is 5.33. The first kappa shape index (κ1) is 12.1. The first-order valence-electron chi connectivity index (χ1n) is 5.56. The van der Waals surface area contributed by atoms with E-state index in [9.17, 15) is 0 Å². The van der Waals surface area contributed by atoms with Crippen LogP contribution in [0.15, 0.2) is 41.5 Å².